The summed E-state index contributed by atoms with van der Waals surface area (Å²) in [5.74, 6) is -0.450. The Labute approximate surface area is 74.6 Å². The molecule has 0 radical (unpaired) electrons. The summed E-state index contributed by atoms with van der Waals surface area (Å²) in [6, 6.07) is 0. The van der Waals surface area contributed by atoms with Gasteiger partial charge in [0.2, 0.25) is 0 Å². The first-order valence-electron chi connectivity index (χ1n) is 3.81. The van der Waals surface area contributed by atoms with E-state index in [9.17, 15) is 13.6 Å². The van der Waals surface area contributed by atoms with Crippen molar-refractivity contribution in [1.29, 1.82) is 0 Å². The first-order valence-corrected chi connectivity index (χ1v) is 4.95. The van der Waals surface area contributed by atoms with Crippen molar-refractivity contribution in [2.75, 3.05) is 6.61 Å². The maximum absolute atomic E-state index is 10.8. The molecule has 0 aromatic rings. The Hall–Kier alpha value is -0.420. The van der Waals surface area contributed by atoms with E-state index in [0.717, 1.165) is 6.42 Å². The molecule has 0 bridgehead atoms. The molecule has 0 spiro atoms. The van der Waals surface area contributed by atoms with Crippen LogP contribution in [-0.2, 0) is 20.6 Å². The van der Waals surface area contributed by atoms with Gasteiger partial charge in [-0.05, 0) is 6.42 Å². The van der Waals surface area contributed by atoms with E-state index in [4.69, 9.17) is 4.74 Å². The van der Waals surface area contributed by atoms with Crippen LogP contribution in [0.2, 0.25) is 0 Å². The second-order valence-electron chi connectivity index (χ2n) is 2.50. The fourth-order valence-corrected chi connectivity index (χ4v) is 0.850. The van der Waals surface area contributed by atoms with Crippen molar-refractivity contribution < 1.29 is 18.3 Å². The van der Waals surface area contributed by atoms with Crippen LogP contribution in [0.5, 0.6) is 0 Å². The molecular weight excluding hydrogens is 180 g/mol. The second-order valence-corrected chi connectivity index (χ2v) is 3.82. The molecule has 0 aliphatic carbocycles. The van der Waals surface area contributed by atoms with Gasteiger partial charge in [0.15, 0.2) is 0 Å². The van der Waals surface area contributed by atoms with E-state index in [1.165, 1.54) is 6.92 Å². The highest BCUT2D eigenvalue weighted by atomic mass is 32.2. The highest BCUT2D eigenvalue weighted by Crippen LogP contribution is 2.00. The van der Waals surface area contributed by atoms with Crippen molar-refractivity contribution in [3.05, 3.63) is 0 Å². The van der Waals surface area contributed by atoms with Crippen molar-refractivity contribution in [3.8, 4) is 0 Å². The van der Waals surface area contributed by atoms with Gasteiger partial charge in [-0.2, -0.15) is 0 Å². The second kappa shape index (κ2) is 6.14. The lowest BCUT2D eigenvalue weighted by Gasteiger charge is -2.13. The molecular formula is C7H13O4S-. The van der Waals surface area contributed by atoms with Crippen LogP contribution in [0.25, 0.3) is 0 Å². The molecule has 2 unspecified atom stereocenters. The third-order valence-corrected chi connectivity index (χ3v) is 2.07. The lowest BCUT2D eigenvalue weighted by molar-refractivity contribution is -0.143. The molecule has 0 fully saturated rings. The van der Waals surface area contributed by atoms with Crippen molar-refractivity contribution >= 4 is 17.0 Å². The molecule has 0 saturated carbocycles. The summed E-state index contributed by atoms with van der Waals surface area (Å²) in [5, 5.41) is -0.658. The summed E-state index contributed by atoms with van der Waals surface area (Å²) >= 11 is -2.19. The third kappa shape index (κ3) is 5.26. The van der Waals surface area contributed by atoms with Gasteiger partial charge in [-0.3, -0.25) is 9.00 Å². The molecule has 0 heterocycles. The Morgan fingerprint density at radius 2 is 2.25 bits per heavy atom. The van der Waals surface area contributed by atoms with Crippen LogP contribution in [0.1, 0.15) is 26.7 Å². The average molecular weight is 193 g/mol. The topological polar surface area (TPSA) is 66.4 Å². The Kier molecular flexibility index (Phi) is 5.92. The molecule has 0 rings (SSSR count). The minimum absolute atomic E-state index is 0.0594. The number of hydrogen-bond donors (Lipinski definition) is 0. The molecule has 0 aromatic carbocycles. The number of rotatable bonds is 5. The zero-order chi connectivity index (χ0) is 9.56. The maximum atomic E-state index is 10.8. The van der Waals surface area contributed by atoms with Gasteiger partial charge in [0, 0.05) is 5.25 Å². The maximum Gasteiger partial charge on any atom is 0.306 e. The van der Waals surface area contributed by atoms with Crippen LogP contribution in [0.3, 0.4) is 0 Å². The first-order chi connectivity index (χ1) is 5.57. The summed E-state index contributed by atoms with van der Waals surface area (Å²) in [5.41, 5.74) is 0. The summed E-state index contributed by atoms with van der Waals surface area (Å²) in [7, 11) is 0. The highest BCUT2D eigenvalue weighted by molar-refractivity contribution is 7.79. The smallest absolute Gasteiger partial charge is 0.306 e. The minimum Gasteiger partial charge on any atom is -0.772 e. The molecule has 0 aromatic heterocycles. The predicted molar refractivity (Wildman–Crippen MR) is 44.2 cm³/mol. The standard InChI is InChI=1S/C7H14O4S/c1-3-4-11-7(8)5-6(2)12(9)10/h6H,3-5H2,1-2H3,(H,9,10)/p-1. The first kappa shape index (κ1) is 11.6. The van der Waals surface area contributed by atoms with Crippen molar-refractivity contribution in [2.24, 2.45) is 0 Å². The van der Waals surface area contributed by atoms with Crippen LogP contribution in [0.4, 0.5) is 0 Å². The largest absolute Gasteiger partial charge is 0.772 e. The average Bonchev–Trinajstić information content (AvgIpc) is 2.00. The van der Waals surface area contributed by atoms with Crippen LogP contribution < -0.4 is 0 Å². The number of ether oxygens (including phenoxy) is 1. The van der Waals surface area contributed by atoms with Gasteiger partial charge in [0.05, 0.1) is 13.0 Å². The molecule has 5 heteroatoms. The lowest BCUT2D eigenvalue weighted by atomic mass is 10.3. The normalized spacial score (nSPS) is 15.2. The summed E-state index contributed by atoms with van der Waals surface area (Å²) in [6.45, 7) is 3.70. The molecule has 0 saturated heterocycles. The van der Waals surface area contributed by atoms with Gasteiger partial charge < -0.3 is 9.29 Å². The van der Waals surface area contributed by atoms with Crippen LogP contribution >= 0.6 is 0 Å². The van der Waals surface area contributed by atoms with E-state index < -0.39 is 22.3 Å². The number of esters is 1. The van der Waals surface area contributed by atoms with Crippen LogP contribution in [0, 0.1) is 0 Å². The highest BCUT2D eigenvalue weighted by Gasteiger charge is 2.09. The molecule has 4 nitrogen and oxygen atoms in total. The predicted octanol–water partition coefficient (Wildman–Crippen LogP) is 0.597. The molecule has 0 amide bonds. The Bertz CT molecular complexity index is 169. The van der Waals surface area contributed by atoms with Gasteiger partial charge in [0.1, 0.15) is 0 Å². The Morgan fingerprint density at radius 1 is 1.67 bits per heavy atom. The molecule has 72 valence electrons. The van der Waals surface area contributed by atoms with Gasteiger partial charge in [-0.25, -0.2) is 0 Å². The summed E-state index contributed by atoms with van der Waals surface area (Å²) in [6.07, 6.45) is 0.691. The monoisotopic (exact) mass is 193 g/mol. The zero-order valence-electron chi connectivity index (χ0n) is 7.24. The van der Waals surface area contributed by atoms with E-state index in [0.29, 0.717) is 6.61 Å². The molecule has 0 aliphatic rings. The SMILES string of the molecule is CCCOC(=O)CC(C)S(=O)[O-]. The van der Waals surface area contributed by atoms with Crippen molar-refractivity contribution in [3.63, 3.8) is 0 Å². The van der Waals surface area contributed by atoms with Gasteiger partial charge in [-0.1, -0.05) is 24.9 Å². The van der Waals surface area contributed by atoms with Crippen molar-refractivity contribution in [2.45, 2.75) is 31.9 Å². The zero-order valence-corrected chi connectivity index (χ0v) is 8.06. The van der Waals surface area contributed by atoms with E-state index >= 15 is 0 Å². The van der Waals surface area contributed by atoms with Crippen LogP contribution in [0.15, 0.2) is 0 Å². The number of hydrogen-bond acceptors (Lipinski definition) is 4. The Morgan fingerprint density at radius 3 is 2.67 bits per heavy atom. The summed E-state index contributed by atoms with van der Waals surface area (Å²) < 4.78 is 25.3. The van der Waals surface area contributed by atoms with Gasteiger partial charge >= 0.3 is 5.97 Å². The van der Waals surface area contributed by atoms with Gasteiger partial charge in [0.25, 0.3) is 0 Å². The lowest BCUT2D eigenvalue weighted by Crippen LogP contribution is -2.17. The van der Waals surface area contributed by atoms with E-state index in [-0.39, 0.29) is 6.42 Å². The van der Waals surface area contributed by atoms with E-state index in [1.54, 1.807) is 0 Å². The molecule has 0 aliphatic heterocycles. The third-order valence-electron chi connectivity index (χ3n) is 1.25. The summed E-state index contributed by atoms with van der Waals surface area (Å²) in [4.78, 5) is 10.8. The quantitative estimate of drug-likeness (QED) is 0.473. The minimum atomic E-state index is -2.19. The van der Waals surface area contributed by atoms with E-state index in [1.807, 2.05) is 6.92 Å². The Balaban J connectivity index is 3.61. The fourth-order valence-electron chi connectivity index (χ4n) is 0.578. The van der Waals surface area contributed by atoms with Crippen molar-refractivity contribution in [1.82, 2.24) is 0 Å². The number of carbonyl (C=O) groups excluding carboxylic acids is 1. The molecule has 0 N–H and O–H groups in total. The van der Waals surface area contributed by atoms with E-state index in [2.05, 4.69) is 0 Å². The molecule has 2 atom stereocenters. The van der Waals surface area contributed by atoms with Crippen LogP contribution in [-0.4, -0.2) is 26.6 Å². The fraction of sp³-hybridized carbons (Fsp3) is 0.857. The van der Waals surface area contributed by atoms with Gasteiger partial charge in [-0.15, -0.1) is 0 Å². The molecule has 12 heavy (non-hydrogen) atoms. The number of carbonyl (C=O) groups is 1.